The number of anilines is 3. The van der Waals surface area contributed by atoms with Gasteiger partial charge in [0.2, 0.25) is 0 Å². The number of nitrogens with two attached hydrogens (primary N) is 1. The van der Waals surface area contributed by atoms with Crippen molar-refractivity contribution in [3.05, 3.63) is 36.2 Å². The second kappa shape index (κ2) is 8.53. The average molecular weight is 332 g/mol. The molecule has 1 aromatic carbocycles. The molecule has 128 valence electrons. The lowest BCUT2D eigenvalue weighted by molar-refractivity contribution is 0.0962. The van der Waals surface area contributed by atoms with Gasteiger partial charge in [-0.1, -0.05) is 0 Å². The minimum absolute atomic E-state index is 0.295. The maximum atomic E-state index is 12.1. The molecule has 0 aliphatic heterocycles. The van der Waals surface area contributed by atoms with Crippen LogP contribution in [0.15, 0.2) is 30.6 Å². The van der Waals surface area contributed by atoms with Crippen molar-refractivity contribution in [1.82, 2.24) is 15.4 Å². The first-order valence-electron chi connectivity index (χ1n) is 7.19. The third-order valence-electron chi connectivity index (χ3n) is 3.13. The van der Waals surface area contributed by atoms with Gasteiger partial charge in [0.05, 0.1) is 13.7 Å². The number of amides is 1. The predicted molar refractivity (Wildman–Crippen MR) is 90.9 cm³/mol. The van der Waals surface area contributed by atoms with E-state index in [0.29, 0.717) is 41.8 Å². The lowest BCUT2D eigenvalue weighted by Gasteiger charge is -2.13. The van der Waals surface area contributed by atoms with Gasteiger partial charge in [0.1, 0.15) is 17.8 Å². The van der Waals surface area contributed by atoms with E-state index in [-0.39, 0.29) is 5.91 Å². The molecule has 1 amide bonds. The van der Waals surface area contributed by atoms with E-state index in [2.05, 4.69) is 26.1 Å². The van der Waals surface area contributed by atoms with Crippen molar-refractivity contribution in [3.63, 3.8) is 0 Å². The number of nitrogen functional groups attached to an aromatic ring is 1. The van der Waals surface area contributed by atoms with Gasteiger partial charge >= 0.3 is 0 Å². The third-order valence-corrected chi connectivity index (χ3v) is 3.13. The lowest BCUT2D eigenvalue weighted by Crippen LogP contribution is -2.30. The number of hydrogen-bond donors (Lipinski definition) is 4. The van der Waals surface area contributed by atoms with Crippen LogP contribution in [0.4, 0.5) is 17.3 Å². The van der Waals surface area contributed by atoms with Crippen LogP contribution in [0.3, 0.4) is 0 Å². The molecule has 2 rings (SSSR count). The monoisotopic (exact) mass is 332 g/mol. The second-order valence-electron chi connectivity index (χ2n) is 4.71. The summed E-state index contributed by atoms with van der Waals surface area (Å²) in [5, 5.41) is 3.02. The van der Waals surface area contributed by atoms with Gasteiger partial charge in [0.25, 0.3) is 5.91 Å². The van der Waals surface area contributed by atoms with Crippen LogP contribution >= 0.6 is 0 Å². The predicted octanol–water partition coefficient (Wildman–Crippen LogP) is 0.883. The highest BCUT2D eigenvalue weighted by atomic mass is 16.5. The van der Waals surface area contributed by atoms with Crippen LogP contribution in [0.5, 0.6) is 5.75 Å². The molecule has 9 heteroatoms. The summed E-state index contributed by atoms with van der Waals surface area (Å²) in [6.07, 6.45) is 1.34. The van der Waals surface area contributed by atoms with Gasteiger partial charge in [-0.3, -0.25) is 15.6 Å². The van der Waals surface area contributed by atoms with Crippen LogP contribution < -0.4 is 26.6 Å². The minimum atomic E-state index is -0.329. The van der Waals surface area contributed by atoms with Crippen LogP contribution in [0.2, 0.25) is 0 Å². The molecule has 5 N–H and O–H groups in total. The number of nitrogens with zero attached hydrogens (tertiary/aromatic N) is 2. The fourth-order valence-corrected chi connectivity index (χ4v) is 1.84. The van der Waals surface area contributed by atoms with Crippen LogP contribution in [-0.2, 0) is 4.74 Å². The maximum Gasteiger partial charge on any atom is 0.269 e. The Bertz CT molecular complexity index is 677. The van der Waals surface area contributed by atoms with Gasteiger partial charge in [-0.25, -0.2) is 9.97 Å². The van der Waals surface area contributed by atoms with Gasteiger partial charge < -0.3 is 20.5 Å². The SMILES string of the molecule is COCCNc1ncnc(NNC(=O)c2ccc(OC)cc2)c1N. The van der Waals surface area contributed by atoms with Gasteiger partial charge in [0.15, 0.2) is 11.6 Å². The Morgan fingerprint density at radius 1 is 1.17 bits per heavy atom. The normalized spacial score (nSPS) is 10.1. The molecule has 0 aliphatic rings. The molecule has 2 aromatic rings. The first-order valence-corrected chi connectivity index (χ1v) is 7.19. The number of hydrazine groups is 1. The summed E-state index contributed by atoms with van der Waals surface area (Å²) in [4.78, 5) is 20.1. The van der Waals surface area contributed by atoms with Crippen LogP contribution in [0.1, 0.15) is 10.4 Å². The van der Waals surface area contributed by atoms with E-state index in [1.54, 1.807) is 38.5 Å². The molecule has 0 atom stereocenters. The molecular weight excluding hydrogens is 312 g/mol. The molecule has 9 nitrogen and oxygen atoms in total. The largest absolute Gasteiger partial charge is 0.497 e. The van der Waals surface area contributed by atoms with E-state index in [9.17, 15) is 4.79 Å². The first kappa shape index (κ1) is 17.3. The lowest BCUT2D eigenvalue weighted by atomic mass is 10.2. The van der Waals surface area contributed by atoms with E-state index in [0.717, 1.165) is 0 Å². The molecule has 0 bridgehead atoms. The summed E-state index contributed by atoms with van der Waals surface area (Å²) >= 11 is 0. The Hall–Kier alpha value is -3.07. The van der Waals surface area contributed by atoms with Crippen molar-refractivity contribution < 1.29 is 14.3 Å². The Morgan fingerprint density at radius 3 is 2.54 bits per heavy atom. The minimum Gasteiger partial charge on any atom is -0.497 e. The fraction of sp³-hybridized carbons (Fsp3) is 0.267. The highest BCUT2D eigenvalue weighted by molar-refractivity contribution is 5.95. The molecular formula is C15H20N6O3. The van der Waals surface area contributed by atoms with Crippen LogP contribution in [-0.4, -0.2) is 43.2 Å². The number of rotatable bonds is 8. The number of hydrogen-bond acceptors (Lipinski definition) is 8. The summed E-state index contributed by atoms with van der Waals surface area (Å²) in [6, 6.07) is 6.70. The number of carbonyl (C=O) groups is 1. The number of carbonyl (C=O) groups excluding carboxylic acids is 1. The van der Waals surface area contributed by atoms with E-state index in [4.69, 9.17) is 15.2 Å². The maximum absolute atomic E-state index is 12.1. The van der Waals surface area contributed by atoms with Crippen LogP contribution in [0, 0.1) is 0 Å². The Kier molecular flexibility index (Phi) is 6.15. The number of aromatic nitrogens is 2. The topological polar surface area (TPSA) is 123 Å². The highest BCUT2D eigenvalue weighted by Gasteiger charge is 2.10. The molecule has 0 radical (unpaired) electrons. The van der Waals surface area contributed by atoms with Crippen molar-refractivity contribution >= 4 is 23.2 Å². The number of methoxy groups -OCH3 is 2. The molecule has 0 aliphatic carbocycles. The third kappa shape index (κ3) is 4.46. The molecule has 0 unspecified atom stereocenters. The zero-order chi connectivity index (χ0) is 17.4. The molecule has 0 fully saturated rings. The van der Waals surface area contributed by atoms with E-state index < -0.39 is 0 Å². The van der Waals surface area contributed by atoms with E-state index in [1.165, 1.54) is 6.33 Å². The van der Waals surface area contributed by atoms with Crippen molar-refractivity contribution in [1.29, 1.82) is 0 Å². The zero-order valence-electron chi connectivity index (χ0n) is 13.5. The standard InChI is InChI=1S/C15H20N6O3/c1-23-8-7-17-13-12(16)14(19-9-18-13)20-21-15(22)10-3-5-11(24-2)6-4-10/h3-6,9H,7-8,16H2,1-2H3,(H,21,22)(H2,17,18,19,20). The summed E-state index contributed by atoms with van der Waals surface area (Å²) in [7, 11) is 3.17. The van der Waals surface area contributed by atoms with Gasteiger partial charge in [-0.2, -0.15) is 0 Å². The molecule has 0 spiro atoms. The van der Waals surface area contributed by atoms with Gasteiger partial charge in [0, 0.05) is 19.2 Å². The highest BCUT2D eigenvalue weighted by Crippen LogP contribution is 2.21. The second-order valence-corrected chi connectivity index (χ2v) is 4.71. The van der Waals surface area contributed by atoms with Crippen molar-refractivity contribution in [3.8, 4) is 5.75 Å². The number of nitrogens with one attached hydrogen (secondary N) is 3. The van der Waals surface area contributed by atoms with Crippen LogP contribution in [0.25, 0.3) is 0 Å². The van der Waals surface area contributed by atoms with Gasteiger partial charge in [-0.15, -0.1) is 0 Å². The molecule has 24 heavy (non-hydrogen) atoms. The number of benzene rings is 1. The summed E-state index contributed by atoms with van der Waals surface area (Å²) in [5.74, 6) is 1.10. The number of ether oxygens (including phenoxy) is 2. The zero-order valence-corrected chi connectivity index (χ0v) is 13.5. The van der Waals surface area contributed by atoms with Gasteiger partial charge in [-0.05, 0) is 24.3 Å². The molecule has 1 heterocycles. The van der Waals surface area contributed by atoms with Crippen molar-refractivity contribution in [2.75, 3.05) is 43.8 Å². The smallest absolute Gasteiger partial charge is 0.269 e. The summed E-state index contributed by atoms with van der Waals surface area (Å²) in [5.41, 5.74) is 12.0. The first-order chi connectivity index (χ1) is 11.7. The van der Waals surface area contributed by atoms with Crippen molar-refractivity contribution in [2.45, 2.75) is 0 Å². The quantitative estimate of drug-likeness (QED) is 0.415. The Balaban J connectivity index is 1.97. The fourth-order valence-electron chi connectivity index (χ4n) is 1.84. The summed E-state index contributed by atoms with van der Waals surface area (Å²) < 4.78 is 10.0. The summed E-state index contributed by atoms with van der Waals surface area (Å²) in [6.45, 7) is 1.07. The molecule has 0 saturated heterocycles. The van der Waals surface area contributed by atoms with E-state index in [1.807, 2.05) is 0 Å². The Labute approximate surface area is 139 Å². The average Bonchev–Trinajstić information content (AvgIpc) is 2.62. The Morgan fingerprint density at radius 2 is 1.88 bits per heavy atom. The molecule has 1 aromatic heterocycles. The molecule has 0 saturated carbocycles. The van der Waals surface area contributed by atoms with Crippen molar-refractivity contribution in [2.24, 2.45) is 0 Å². The van der Waals surface area contributed by atoms with E-state index >= 15 is 0 Å².